The van der Waals surface area contributed by atoms with Crippen LogP contribution in [0, 0.1) is 0 Å². The van der Waals surface area contributed by atoms with Crippen molar-refractivity contribution in [2.24, 2.45) is 7.05 Å². The monoisotopic (exact) mass is 734 g/mol. The molecule has 3 aromatic heterocycles. The number of ether oxygens (including phenoxy) is 2. The van der Waals surface area contributed by atoms with Crippen LogP contribution in [0.4, 0.5) is 34.5 Å². The van der Waals surface area contributed by atoms with E-state index in [0.29, 0.717) is 56.1 Å². The SMILES string of the molecule is COc1cc2c(cc1Nc1ncc(Br)c(Nc3ccc4nccnc4c3N(C)S(C)(=O)=O)n1)-c1cnn(C)c1CCN2C1CCOCC1. The van der Waals surface area contributed by atoms with Crippen molar-refractivity contribution < 1.29 is 17.9 Å². The molecule has 48 heavy (non-hydrogen) atoms. The molecule has 16 heteroatoms. The van der Waals surface area contributed by atoms with Gasteiger partial charge in [-0.25, -0.2) is 13.4 Å². The Labute approximate surface area is 286 Å². The fraction of sp³-hybridized carbons (Fsp3) is 0.344. The van der Waals surface area contributed by atoms with E-state index < -0.39 is 10.0 Å². The standard InChI is InChI=1S/C32H35BrN10O4S/c1-41-26-7-12-43(19-8-13-47-14-9-19)27-16-28(46-3)25(15-20(27)21(26)17-37-41)39-32-36-18-22(33)31(40-32)38-24-6-5-23-29(35-11-10-34-23)30(24)42(2)48(4,44)45/h5-6,10-11,15-19H,7-9,12-14H2,1-4H3,(H2,36,38,39,40). The van der Waals surface area contributed by atoms with E-state index in [1.54, 1.807) is 31.6 Å². The van der Waals surface area contributed by atoms with Gasteiger partial charge in [0.15, 0.2) is 0 Å². The van der Waals surface area contributed by atoms with Gasteiger partial charge in [-0.2, -0.15) is 10.1 Å². The van der Waals surface area contributed by atoms with E-state index in [-0.39, 0.29) is 0 Å². The van der Waals surface area contributed by atoms with E-state index in [1.165, 1.54) is 23.2 Å². The summed E-state index contributed by atoms with van der Waals surface area (Å²) in [4.78, 5) is 20.6. The van der Waals surface area contributed by atoms with Gasteiger partial charge in [-0.15, -0.1) is 0 Å². The molecule has 0 saturated carbocycles. The third-order valence-electron chi connectivity index (χ3n) is 8.87. The molecule has 0 spiro atoms. The van der Waals surface area contributed by atoms with Gasteiger partial charge in [-0.05, 0) is 47.0 Å². The lowest BCUT2D eigenvalue weighted by Gasteiger charge is -2.36. The minimum atomic E-state index is -3.63. The number of halogens is 1. The lowest BCUT2D eigenvalue weighted by atomic mass is 10.0. The second-order valence-electron chi connectivity index (χ2n) is 11.7. The van der Waals surface area contributed by atoms with Gasteiger partial charge in [-0.3, -0.25) is 19.0 Å². The average Bonchev–Trinajstić information content (AvgIpc) is 3.37. The molecule has 1 fully saturated rings. The molecular formula is C32H35BrN10O4S. The first kappa shape index (κ1) is 32.0. The molecule has 14 nitrogen and oxygen atoms in total. The zero-order valence-corrected chi connectivity index (χ0v) is 29.3. The Morgan fingerprint density at radius 3 is 2.60 bits per heavy atom. The van der Waals surface area contributed by atoms with Crippen molar-refractivity contribution in [3.05, 3.63) is 59.2 Å². The number of rotatable bonds is 8. The predicted octanol–water partition coefficient (Wildman–Crippen LogP) is 5.02. The maximum absolute atomic E-state index is 12.7. The number of hydrogen-bond acceptors (Lipinski definition) is 12. The fourth-order valence-corrected chi connectivity index (χ4v) is 7.17. The number of nitrogens with zero attached hydrogens (tertiary/aromatic N) is 8. The van der Waals surface area contributed by atoms with E-state index in [4.69, 9.17) is 14.5 Å². The minimum absolute atomic E-state index is 0.305. The first-order valence-electron chi connectivity index (χ1n) is 15.4. The molecular weight excluding hydrogens is 700 g/mol. The third-order valence-corrected chi connectivity index (χ3v) is 10.6. The third kappa shape index (κ3) is 5.99. The molecule has 0 unspecified atom stereocenters. The molecule has 2 N–H and O–H groups in total. The van der Waals surface area contributed by atoms with Crippen LogP contribution in [0.15, 0.2) is 53.5 Å². The van der Waals surface area contributed by atoms with Crippen LogP contribution >= 0.6 is 15.9 Å². The highest BCUT2D eigenvalue weighted by Gasteiger charge is 2.30. The van der Waals surface area contributed by atoms with Gasteiger partial charge in [-0.1, -0.05) is 0 Å². The van der Waals surface area contributed by atoms with Crippen LogP contribution in [0.5, 0.6) is 5.75 Å². The zero-order chi connectivity index (χ0) is 33.6. The van der Waals surface area contributed by atoms with Crippen LogP contribution in [0.1, 0.15) is 18.5 Å². The fourth-order valence-electron chi connectivity index (χ4n) is 6.37. The normalized spacial score (nSPS) is 15.1. The van der Waals surface area contributed by atoms with Crippen LogP contribution in [-0.4, -0.2) is 84.3 Å². The van der Waals surface area contributed by atoms with Crippen LogP contribution < -0.4 is 24.6 Å². The van der Waals surface area contributed by atoms with E-state index in [1.807, 2.05) is 17.9 Å². The molecule has 0 bridgehead atoms. The predicted molar refractivity (Wildman–Crippen MR) is 189 cm³/mol. The summed E-state index contributed by atoms with van der Waals surface area (Å²) in [5.74, 6) is 1.36. The summed E-state index contributed by atoms with van der Waals surface area (Å²) < 4.78 is 40.6. The molecule has 0 aliphatic carbocycles. The topological polar surface area (TPSA) is 153 Å². The number of fused-ring (bicyclic) bond motifs is 4. The number of sulfonamides is 1. The summed E-state index contributed by atoms with van der Waals surface area (Å²) in [6.07, 6.45) is 10.6. The van der Waals surface area contributed by atoms with Crippen molar-refractivity contribution in [1.82, 2.24) is 29.7 Å². The van der Waals surface area contributed by atoms with Crippen molar-refractivity contribution in [1.29, 1.82) is 0 Å². The number of methoxy groups -OCH3 is 1. The molecule has 2 aromatic carbocycles. The first-order valence-corrected chi connectivity index (χ1v) is 18.1. The largest absolute Gasteiger partial charge is 0.494 e. The number of aromatic nitrogens is 6. The summed E-state index contributed by atoms with van der Waals surface area (Å²) in [5, 5.41) is 11.2. The number of anilines is 6. The maximum atomic E-state index is 12.7. The summed E-state index contributed by atoms with van der Waals surface area (Å²) in [5.41, 5.74) is 6.88. The molecule has 250 valence electrons. The van der Waals surface area contributed by atoms with Crippen molar-refractivity contribution in [3.8, 4) is 16.9 Å². The lowest BCUT2D eigenvalue weighted by molar-refractivity contribution is 0.0845. The van der Waals surface area contributed by atoms with Crippen LogP contribution in [-0.2, 0) is 28.2 Å². The van der Waals surface area contributed by atoms with Gasteiger partial charge in [0.05, 0.1) is 40.9 Å². The van der Waals surface area contributed by atoms with E-state index >= 15 is 0 Å². The van der Waals surface area contributed by atoms with Crippen LogP contribution in [0.25, 0.3) is 22.2 Å². The number of aryl methyl sites for hydroxylation is 1. The van der Waals surface area contributed by atoms with Crippen molar-refractivity contribution in [3.63, 3.8) is 0 Å². The Morgan fingerprint density at radius 1 is 1.04 bits per heavy atom. The lowest BCUT2D eigenvalue weighted by Crippen LogP contribution is -2.40. The van der Waals surface area contributed by atoms with Crippen molar-refractivity contribution >= 4 is 71.5 Å². The molecule has 5 aromatic rings. The van der Waals surface area contributed by atoms with E-state index in [2.05, 4.69) is 63.6 Å². The Balaban J connectivity index is 1.27. The minimum Gasteiger partial charge on any atom is -0.494 e. The molecule has 2 aliphatic heterocycles. The molecule has 5 heterocycles. The second kappa shape index (κ2) is 12.8. The van der Waals surface area contributed by atoms with Gasteiger partial charge >= 0.3 is 0 Å². The maximum Gasteiger partial charge on any atom is 0.232 e. The van der Waals surface area contributed by atoms with Gasteiger partial charge in [0.25, 0.3) is 0 Å². The summed E-state index contributed by atoms with van der Waals surface area (Å²) in [7, 11) is 1.48. The molecule has 7 rings (SSSR count). The highest BCUT2D eigenvalue weighted by atomic mass is 79.9. The first-order chi connectivity index (χ1) is 23.1. The highest BCUT2D eigenvalue weighted by molar-refractivity contribution is 9.10. The van der Waals surface area contributed by atoms with E-state index in [9.17, 15) is 8.42 Å². The van der Waals surface area contributed by atoms with Crippen LogP contribution in [0.2, 0.25) is 0 Å². The Morgan fingerprint density at radius 2 is 1.83 bits per heavy atom. The van der Waals surface area contributed by atoms with Gasteiger partial charge in [0.2, 0.25) is 16.0 Å². The summed E-state index contributed by atoms with van der Waals surface area (Å²) >= 11 is 3.55. The van der Waals surface area contributed by atoms with Gasteiger partial charge < -0.3 is 25.0 Å². The van der Waals surface area contributed by atoms with Gasteiger partial charge in [0, 0.05) is 93.5 Å². The molecule has 1 saturated heterocycles. The van der Waals surface area contributed by atoms with Crippen LogP contribution in [0.3, 0.4) is 0 Å². The number of nitrogens with one attached hydrogen (secondary N) is 2. The Bertz CT molecular complexity index is 2120. The average molecular weight is 736 g/mol. The second-order valence-corrected chi connectivity index (χ2v) is 14.6. The van der Waals surface area contributed by atoms with Gasteiger partial charge in [0.1, 0.15) is 22.8 Å². The summed E-state index contributed by atoms with van der Waals surface area (Å²) in [6.45, 7) is 2.36. The smallest absolute Gasteiger partial charge is 0.232 e. The van der Waals surface area contributed by atoms with Crippen molar-refractivity contribution in [2.45, 2.75) is 25.3 Å². The molecule has 2 aliphatic rings. The Hall–Kier alpha value is -4.54. The Kier molecular flexibility index (Phi) is 8.55. The van der Waals surface area contributed by atoms with Crippen molar-refractivity contribution in [2.75, 3.05) is 60.0 Å². The number of benzene rings is 2. The molecule has 0 atom stereocenters. The highest BCUT2D eigenvalue weighted by Crippen LogP contribution is 2.45. The molecule has 0 amide bonds. The summed E-state index contributed by atoms with van der Waals surface area (Å²) in [6, 6.07) is 8.04. The molecule has 0 radical (unpaired) electrons. The zero-order valence-electron chi connectivity index (χ0n) is 26.9. The quantitative estimate of drug-likeness (QED) is 0.220. The van der Waals surface area contributed by atoms with E-state index in [0.717, 1.165) is 62.1 Å². The number of hydrogen-bond donors (Lipinski definition) is 2.